The first-order valence-electron chi connectivity index (χ1n) is 11.4. The minimum Gasteiger partial charge on any atom is -0.468 e. The quantitative estimate of drug-likeness (QED) is 0.457. The Balaban J connectivity index is 1.61. The van der Waals surface area contributed by atoms with E-state index in [0.717, 1.165) is 16.7 Å². The summed E-state index contributed by atoms with van der Waals surface area (Å²) in [5.74, 6) is -2.72. The zero-order valence-electron chi connectivity index (χ0n) is 18.9. The van der Waals surface area contributed by atoms with Gasteiger partial charge >= 0.3 is 5.97 Å². The van der Waals surface area contributed by atoms with Crippen LogP contribution in [0.15, 0.2) is 91.0 Å². The van der Waals surface area contributed by atoms with Gasteiger partial charge in [0.25, 0.3) is 0 Å². The highest BCUT2D eigenvalue weighted by molar-refractivity contribution is 6.09. The first-order valence-corrected chi connectivity index (χ1v) is 11.4. The molecule has 0 bridgehead atoms. The maximum Gasteiger partial charge on any atom is 0.327 e. The summed E-state index contributed by atoms with van der Waals surface area (Å²) < 4.78 is 5.26. The number of rotatable bonds is 6. The van der Waals surface area contributed by atoms with E-state index < -0.39 is 29.4 Å². The van der Waals surface area contributed by atoms with E-state index in [-0.39, 0.29) is 24.8 Å². The van der Waals surface area contributed by atoms with Crippen molar-refractivity contribution in [3.63, 3.8) is 0 Å². The average Bonchev–Trinajstić information content (AvgIpc) is 3.35. The molecule has 2 aliphatic rings. The molecule has 2 saturated heterocycles. The van der Waals surface area contributed by atoms with E-state index in [4.69, 9.17) is 4.74 Å². The monoisotopic (exact) mass is 454 g/mol. The fourth-order valence-corrected chi connectivity index (χ4v) is 5.45. The molecule has 0 saturated carbocycles. The summed E-state index contributed by atoms with van der Waals surface area (Å²) in [4.78, 5) is 42.3. The van der Waals surface area contributed by atoms with Crippen LogP contribution < -0.4 is 5.32 Å². The number of methoxy groups -OCH3 is 1. The van der Waals surface area contributed by atoms with Gasteiger partial charge < -0.3 is 4.74 Å². The van der Waals surface area contributed by atoms with Gasteiger partial charge in [-0.3, -0.25) is 24.6 Å². The molecule has 5 rings (SSSR count). The molecule has 2 amide bonds. The number of carbonyl (C=O) groups is 3. The minimum atomic E-state index is -1.36. The highest BCUT2D eigenvalue weighted by Gasteiger charge is 2.68. The number of hydrogen-bond acceptors (Lipinski definition) is 5. The van der Waals surface area contributed by atoms with E-state index in [9.17, 15) is 14.4 Å². The zero-order chi connectivity index (χ0) is 23.7. The maximum atomic E-state index is 13.9. The minimum absolute atomic E-state index is 0.176. The van der Waals surface area contributed by atoms with Crippen molar-refractivity contribution in [1.29, 1.82) is 0 Å². The molecule has 0 radical (unpaired) electrons. The van der Waals surface area contributed by atoms with Crippen LogP contribution in [0.2, 0.25) is 0 Å². The van der Waals surface area contributed by atoms with Crippen LogP contribution in [-0.4, -0.2) is 35.3 Å². The second kappa shape index (κ2) is 8.88. The van der Waals surface area contributed by atoms with Crippen LogP contribution in [0.3, 0.4) is 0 Å². The summed E-state index contributed by atoms with van der Waals surface area (Å²) in [6.07, 6.45) is 0.239. The van der Waals surface area contributed by atoms with Crippen LogP contribution in [0.25, 0.3) is 0 Å². The summed E-state index contributed by atoms with van der Waals surface area (Å²) in [5.41, 5.74) is 1.24. The van der Waals surface area contributed by atoms with Gasteiger partial charge in [0.1, 0.15) is 5.54 Å². The molecule has 6 heteroatoms. The van der Waals surface area contributed by atoms with Gasteiger partial charge in [-0.1, -0.05) is 91.0 Å². The number of carbonyl (C=O) groups excluding carboxylic acids is 3. The topological polar surface area (TPSA) is 75.7 Å². The summed E-state index contributed by atoms with van der Waals surface area (Å²) in [5, 5.41) is 3.42. The standard InChI is InChI=1S/C28H26N2O4/c1-34-27(33)28(17-19-11-5-2-6-12-19)23-22(24(29-28)21-15-9-4-10-16-21)25(31)30(26(23)32)18-20-13-7-3-8-14-20/h2-16,22-24,29H,17-18H2,1H3/t22-,23+,24-,28+/m0/s1. The van der Waals surface area contributed by atoms with Crippen LogP contribution in [0.5, 0.6) is 0 Å². The number of hydrogen-bond donors (Lipinski definition) is 1. The van der Waals surface area contributed by atoms with E-state index in [2.05, 4.69) is 5.32 Å². The van der Waals surface area contributed by atoms with Gasteiger partial charge in [0, 0.05) is 12.5 Å². The first-order chi connectivity index (χ1) is 16.5. The Bertz CT molecular complexity index is 1200. The number of likely N-dealkylation sites (tertiary alicyclic amines) is 1. The second-order valence-corrected chi connectivity index (χ2v) is 8.91. The summed E-state index contributed by atoms with van der Waals surface area (Å²) in [7, 11) is 1.32. The van der Waals surface area contributed by atoms with Crippen molar-refractivity contribution in [2.45, 2.75) is 24.5 Å². The maximum absolute atomic E-state index is 13.9. The van der Waals surface area contributed by atoms with E-state index in [1.54, 1.807) is 0 Å². The van der Waals surface area contributed by atoms with Crippen LogP contribution in [0.4, 0.5) is 0 Å². The number of fused-ring (bicyclic) bond motifs is 1. The van der Waals surface area contributed by atoms with Crippen LogP contribution in [0, 0.1) is 11.8 Å². The van der Waals surface area contributed by atoms with Crippen molar-refractivity contribution in [2.24, 2.45) is 11.8 Å². The molecule has 0 spiro atoms. The molecule has 1 N–H and O–H groups in total. The first kappa shape index (κ1) is 22.0. The molecule has 6 nitrogen and oxygen atoms in total. The van der Waals surface area contributed by atoms with E-state index in [1.807, 2.05) is 91.0 Å². The van der Waals surface area contributed by atoms with Crippen LogP contribution in [0.1, 0.15) is 22.7 Å². The van der Waals surface area contributed by atoms with Crippen LogP contribution >= 0.6 is 0 Å². The largest absolute Gasteiger partial charge is 0.468 e. The second-order valence-electron chi connectivity index (χ2n) is 8.91. The van der Waals surface area contributed by atoms with Crippen LogP contribution in [-0.2, 0) is 32.1 Å². The predicted octanol–water partition coefficient (Wildman–Crippen LogP) is 3.29. The highest BCUT2D eigenvalue weighted by Crippen LogP contribution is 2.50. The summed E-state index contributed by atoms with van der Waals surface area (Å²) in [6, 6.07) is 28.0. The number of nitrogens with zero attached hydrogens (tertiary/aromatic N) is 1. The van der Waals surface area contributed by atoms with Gasteiger partial charge in [-0.05, 0) is 16.7 Å². The summed E-state index contributed by atoms with van der Waals surface area (Å²) >= 11 is 0. The molecule has 3 aromatic carbocycles. The van der Waals surface area contributed by atoms with Gasteiger partial charge in [0.2, 0.25) is 11.8 Å². The zero-order valence-corrected chi connectivity index (χ0v) is 18.9. The molecule has 0 aromatic heterocycles. The Morgan fingerprint density at radius 2 is 1.41 bits per heavy atom. The molecule has 0 unspecified atom stereocenters. The van der Waals surface area contributed by atoms with E-state index in [1.165, 1.54) is 12.0 Å². The van der Waals surface area contributed by atoms with Gasteiger partial charge in [-0.2, -0.15) is 0 Å². The van der Waals surface area contributed by atoms with Gasteiger partial charge in [-0.25, -0.2) is 0 Å². The predicted molar refractivity (Wildman–Crippen MR) is 126 cm³/mol. The van der Waals surface area contributed by atoms with E-state index in [0.29, 0.717) is 0 Å². The fraction of sp³-hybridized carbons (Fsp3) is 0.250. The van der Waals surface area contributed by atoms with Gasteiger partial charge in [0.15, 0.2) is 0 Å². The lowest BCUT2D eigenvalue weighted by molar-refractivity contribution is -0.154. The number of nitrogens with one attached hydrogen (secondary N) is 1. The smallest absolute Gasteiger partial charge is 0.327 e. The average molecular weight is 455 g/mol. The van der Waals surface area contributed by atoms with Crippen molar-refractivity contribution in [3.05, 3.63) is 108 Å². The molecule has 4 atom stereocenters. The Kier molecular flexibility index (Phi) is 5.75. The van der Waals surface area contributed by atoms with Crippen molar-refractivity contribution in [1.82, 2.24) is 10.2 Å². The summed E-state index contributed by atoms with van der Waals surface area (Å²) in [6.45, 7) is 0.176. The Morgan fingerprint density at radius 1 is 0.853 bits per heavy atom. The van der Waals surface area contributed by atoms with Crippen molar-refractivity contribution in [3.8, 4) is 0 Å². The molecule has 2 aliphatic heterocycles. The van der Waals surface area contributed by atoms with Gasteiger partial charge in [0.05, 0.1) is 25.5 Å². The van der Waals surface area contributed by atoms with Crippen molar-refractivity contribution in [2.75, 3.05) is 7.11 Å². The Hall–Kier alpha value is -3.77. The highest BCUT2D eigenvalue weighted by atomic mass is 16.5. The Morgan fingerprint density at radius 3 is 2.00 bits per heavy atom. The van der Waals surface area contributed by atoms with Crippen molar-refractivity contribution >= 4 is 17.8 Å². The Labute approximate surface area is 198 Å². The molecular formula is C28H26N2O4. The number of esters is 1. The molecule has 34 heavy (non-hydrogen) atoms. The lowest BCUT2D eigenvalue weighted by Crippen LogP contribution is -2.57. The number of imide groups is 1. The lowest BCUT2D eigenvalue weighted by atomic mass is 9.76. The fourth-order valence-electron chi connectivity index (χ4n) is 5.45. The van der Waals surface area contributed by atoms with E-state index >= 15 is 0 Å². The SMILES string of the molecule is COC(=O)[C@]1(Cc2ccccc2)N[C@@H](c2ccccc2)[C@H]2C(=O)N(Cc3ccccc3)C(=O)[C@@H]21. The van der Waals surface area contributed by atoms with Gasteiger partial charge in [-0.15, -0.1) is 0 Å². The third kappa shape index (κ3) is 3.60. The third-order valence-corrected chi connectivity index (χ3v) is 6.96. The normalized spacial score (nSPS) is 25.9. The molecular weight excluding hydrogens is 428 g/mol. The lowest BCUT2D eigenvalue weighted by Gasteiger charge is -2.32. The third-order valence-electron chi connectivity index (χ3n) is 6.96. The number of benzene rings is 3. The molecule has 3 aromatic rings. The number of ether oxygens (including phenoxy) is 1. The molecule has 2 heterocycles. The van der Waals surface area contributed by atoms with Crippen molar-refractivity contribution < 1.29 is 19.1 Å². The molecule has 172 valence electrons. The number of amides is 2. The molecule has 2 fully saturated rings. The molecule has 0 aliphatic carbocycles.